The first-order valence-corrected chi connectivity index (χ1v) is 6.66. The van der Waals surface area contributed by atoms with Crippen molar-refractivity contribution in [1.82, 2.24) is 0 Å². The molecule has 0 aliphatic heterocycles. The minimum atomic E-state index is 0.258. The number of Topliss-reactive ketones (excluding diaryl/α,β-unsaturated/α-hetero) is 1. The second-order valence-electron chi connectivity index (χ2n) is 5.04. The van der Waals surface area contributed by atoms with Crippen molar-refractivity contribution in [2.45, 2.75) is 58.8 Å². The van der Waals surface area contributed by atoms with Gasteiger partial charge in [-0.3, -0.25) is 4.79 Å². The second-order valence-corrected chi connectivity index (χ2v) is 5.04. The van der Waals surface area contributed by atoms with Gasteiger partial charge in [-0.2, -0.15) is 0 Å². The fourth-order valence-electron chi connectivity index (χ4n) is 2.10. The highest BCUT2D eigenvalue weighted by Gasteiger charge is 2.12. The quantitative estimate of drug-likeness (QED) is 0.494. The smallest absolute Gasteiger partial charge is 0.184 e. The predicted molar refractivity (Wildman–Crippen MR) is 74.0 cm³/mol. The van der Waals surface area contributed by atoms with E-state index in [0.717, 1.165) is 43.3 Å². The Morgan fingerprint density at radius 2 is 2.12 bits per heavy atom. The Hall–Kier alpha value is -1.11. The molecule has 0 aromatic rings. The molecule has 1 rings (SSSR count). The molecule has 0 heterocycles. The number of allylic oxidation sites excluding steroid dienone is 5. The van der Waals surface area contributed by atoms with E-state index in [1.54, 1.807) is 0 Å². The Labute approximate surface area is 105 Å². The van der Waals surface area contributed by atoms with Crippen LogP contribution in [0.3, 0.4) is 0 Å². The van der Waals surface area contributed by atoms with E-state index in [2.05, 4.69) is 18.7 Å². The van der Waals surface area contributed by atoms with Gasteiger partial charge in [0.2, 0.25) is 0 Å². The molecule has 0 amide bonds. The van der Waals surface area contributed by atoms with Crippen molar-refractivity contribution >= 4 is 5.78 Å². The maximum absolute atomic E-state index is 12.2. The van der Waals surface area contributed by atoms with Crippen LogP contribution < -0.4 is 0 Å². The predicted octanol–water partition coefficient (Wildman–Crippen LogP) is 4.75. The zero-order valence-electron chi connectivity index (χ0n) is 11.2. The standard InChI is InChI=1S/C16H24O/c1-13(2)9-8-10-14(3)16(17)15-11-6-4-5-7-12-15/h10-11H,1,4-9,12H2,2-3H3/b14-10+. The van der Waals surface area contributed by atoms with E-state index in [4.69, 9.17) is 0 Å². The van der Waals surface area contributed by atoms with Gasteiger partial charge in [-0.25, -0.2) is 0 Å². The van der Waals surface area contributed by atoms with Crippen molar-refractivity contribution in [2.75, 3.05) is 0 Å². The Morgan fingerprint density at radius 1 is 1.35 bits per heavy atom. The molecular weight excluding hydrogens is 208 g/mol. The summed E-state index contributed by atoms with van der Waals surface area (Å²) in [4.78, 5) is 12.2. The Kier molecular flexibility index (Phi) is 5.96. The summed E-state index contributed by atoms with van der Waals surface area (Å²) in [5, 5.41) is 0. The van der Waals surface area contributed by atoms with Crippen LogP contribution in [0.4, 0.5) is 0 Å². The van der Waals surface area contributed by atoms with Crippen LogP contribution in [0.25, 0.3) is 0 Å². The molecule has 0 unspecified atom stereocenters. The normalized spacial score (nSPS) is 17.3. The van der Waals surface area contributed by atoms with Crippen LogP contribution in [0.2, 0.25) is 0 Å². The average molecular weight is 232 g/mol. The first-order chi connectivity index (χ1) is 8.11. The molecule has 0 spiro atoms. The van der Waals surface area contributed by atoms with Crippen LogP contribution in [0.5, 0.6) is 0 Å². The van der Waals surface area contributed by atoms with Gasteiger partial charge >= 0.3 is 0 Å². The number of carbonyl (C=O) groups is 1. The highest BCUT2D eigenvalue weighted by molar-refractivity contribution is 6.07. The molecule has 1 heteroatoms. The number of hydrogen-bond acceptors (Lipinski definition) is 1. The number of ketones is 1. The molecule has 0 bridgehead atoms. The van der Waals surface area contributed by atoms with E-state index in [1.807, 2.05) is 13.8 Å². The zero-order valence-corrected chi connectivity index (χ0v) is 11.2. The highest BCUT2D eigenvalue weighted by Crippen LogP contribution is 2.20. The molecule has 17 heavy (non-hydrogen) atoms. The van der Waals surface area contributed by atoms with Crippen molar-refractivity contribution in [3.05, 3.63) is 35.5 Å². The summed E-state index contributed by atoms with van der Waals surface area (Å²) in [5.74, 6) is 0.258. The molecule has 0 atom stereocenters. The molecular formula is C16H24O. The van der Waals surface area contributed by atoms with Crippen molar-refractivity contribution < 1.29 is 4.79 Å². The van der Waals surface area contributed by atoms with Crippen LogP contribution in [-0.4, -0.2) is 5.78 Å². The largest absolute Gasteiger partial charge is 0.289 e. The number of hydrogen-bond donors (Lipinski definition) is 0. The molecule has 0 saturated heterocycles. The molecule has 1 aliphatic rings. The van der Waals surface area contributed by atoms with Gasteiger partial charge in [0, 0.05) is 0 Å². The van der Waals surface area contributed by atoms with Crippen LogP contribution >= 0.6 is 0 Å². The van der Waals surface area contributed by atoms with Crippen molar-refractivity contribution in [3.8, 4) is 0 Å². The second kappa shape index (κ2) is 7.26. The summed E-state index contributed by atoms with van der Waals surface area (Å²) in [7, 11) is 0. The third-order valence-electron chi connectivity index (χ3n) is 3.21. The zero-order chi connectivity index (χ0) is 12.7. The minimum absolute atomic E-state index is 0.258. The summed E-state index contributed by atoms with van der Waals surface area (Å²) in [6, 6.07) is 0. The van der Waals surface area contributed by atoms with Crippen LogP contribution in [-0.2, 0) is 4.79 Å². The maximum atomic E-state index is 12.2. The topological polar surface area (TPSA) is 17.1 Å². The van der Waals surface area contributed by atoms with E-state index in [-0.39, 0.29) is 5.78 Å². The minimum Gasteiger partial charge on any atom is -0.289 e. The van der Waals surface area contributed by atoms with E-state index < -0.39 is 0 Å². The summed E-state index contributed by atoms with van der Waals surface area (Å²) in [6.45, 7) is 7.84. The van der Waals surface area contributed by atoms with Crippen molar-refractivity contribution in [3.63, 3.8) is 0 Å². The maximum Gasteiger partial charge on any atom is 0.184 e. The lowest BCUT2D eigenvalue weighted by atomic mass is 9.99. The fourth-order valence-corrected chi connectivity index (χ4v) is 2.10. The van der Waals surface area contributed by atoms with Crippen molar-refractivity contribution in [2.24, 2.45) is 0 Å². The summed E-state index contributed by atoms with van der Waals surface area (Å²) < 4.78 is 0. The van der Waals surface area contributed by atoms with Gasteiger partial charge in [0.25, 0.3) is 0 Å². The lowest BCUT2D eigenvalue weighted by Crippen LogP contribution is -2.04. The third kappa shape index (κ3) is 5.16. The lowest BCUT2D eigenvalue weighted by molar-refractivity contribution is -0.112. The molecule has 0 N–H and O–H groups in total. The van der Waals surface area contributed by atoms with Gasteiger partial charge in [-0.15, -0.1) is 6.58 Å². The molecule has 1 nitrogen and oxygen atoms in total. The van der Waals surface area contributed by atoms with Gasteiger partial charge in [-0.05, 0) is 63.5 Å². The summed E-state index contributed by atoms with van der Waals surface area (Å²) >= 11 is 0. The van der Waals surface area contributed by atoms with Gasteiger partial charge in [-0.1, -0.05) is 24.1 Å². The van der Waals surface area contributed by atoms with Gasteiger partial charge in [0.15, 0.2) is 5.78 Å². The monoisotopic (exact) mass is 232 g/mol. The number of carbonyl (C=O) groups excluding carboxylic acids is 1. The number of rotatable bonds is 5. The SMILES string of the molecule is C=C(C)CC/C=C(\C)C(=O)C1=CCCCCC1. The Bertz CT molecular complexity index is 345. The third-order valence-corrected chi connectivity index (χ3v) is 3.21. The Balaban J connectivity index is 2.55. The van der Waals surface area contributed by atoms with Gasteiger partial charge in [0.1, 0.15) is 0 Å². The van der Waals surface area contributed by atoms with Crippen LogP contribution in [0.1, 0.15) is 58.8 Å². The molecule has 94 valence electrons. The molecule has 0 saturated carbocycles. The van der Waals surface area contributed by atoms with E-state index in [9.17, 15) is 4.79 Å². The molecule has 0 aromatic carbocycles. The average Bonchev–Trinajstić information content (AvgIpc) is 2.55. The van der Waals surface area contributed by atoms with Crippen LogP contribution in [0, 0.1) is 0 Å². The summed E-state index contributed by atoms with van der Waals surface area (Å²) in [6.07, 6.45) is 11.8. The van der Waals surface area contributed by atoms with E-state index in [0.29, 0.717) is 0 Å². The molecule has 0 radical (unpaired) electrons. The lowest BCUT2D eigenvalue weighted by Gasteiger charge is -2.05. The van der Waals surface area contributed by atoms with Crippen molar-refractivity contribution in [1.29, 1.82) is 0 Å². The van der Waals surface area contributed by atoms with Gasteiger partial charge < -0.3 is 0 Å². The summed E-state index contributed by atoms with van der Waals surface area (Å²) in [5.41, 5.74) is 3.11. The molecule has 1 aliphatic carbocycles. The first kappa shape index (κ1) is 14.0. The van der Waals surface area contributed by atoms with E-state index >= 15 is 0 Å². The van der Waals surface area contributed by atoms with E-state index in [1.165, 1.54) is 18.4 Å². The van der Waals surface area contributed by atoms with Gasteiger partial charge in [0.05, 0.1) is 0 Å². The molecule has 0 aromatic heterocycles. The molecule has 0 fully saturated rings. The Morgan fingerprint density at radius 3 is 2.82 bits per heavy atom. The fraction of sp³-hybridized carbons (Fsp3) is 0.562. The first-order valence-electron chi connectivity index (χ1n) is 6.66. The highest BCUT2D eigenvalue weighted by atomic mass is 16.1. The van der Waals surface area contributed by atoms with Crippen LogP contribution in [0.15, 0.2) is 35.5 Å².